The van der Waals surface area contributed by atoms with Crippen LogP contribution in [0.15, 0.2) is 24.3 Å². The van der Waals surface area contributed by atoms with Crippen LogP contribution in [0.1, 0.15) is 24.4 Å². The van der Waals surface area contributed by atoms with Gasteiger partial charge in [-0.15, -0.1) is 0 Å². The van der Waals surface area contributed by atoms with Crippen molar-refractivity contribution in [1.29, 1.82) is 0 Å². The van der Waals surface area contributed by atoms with E-state index in [0.29, 0.717) is 18.0 Å². The third-order valence-corrected chi connectivity index (χ3v) is 3.65. The highest BCUT2D eigenvalue weighted by Gasteiger charge is 2.35. The van der Waals surface area contributed by atoms with E-state index in [9.17, 15) is 0 Å². The molecule has 0 heterocycles. The molecule has 1 atom stereocenters. The number of rotatable bonds is 4. The van der Waals surface area contributed by atoms with E-state index in [0.717, 1.165) is 18.6 Å². The Morgan fingerprint density at radius 3 is 2.59 bits per heavy atom. The summed E-state index contributed by atoms with van der Waals surface area (Å²) in [5, 5.41) is 0. The van der Waals surface area contributed by atoms with Crippen molar-refractivity contribution in [1.82, 2.24) is 4.90 Å². The lowest BCUT2D eigenvalue weighted by Gasteiger charge is -2.41. The Morgan fingerprint density at radius 1 is 1.35 bits per heavy atom. The van der Waals surface area contributed by atoms with Crippen LogP contribution in [0.25, 0.3) is 0 Å². The molecule has 0 radical (unpaired) electrons. The molecular weight excluding hydrogens is 212 g/mol. The standard InChI is InChI=1S/C14H22N2O/c1-16(2)14(11-7-12(15)8-11)10-5-4-6-13(9-10)17-3/h4-6,9,11-12,14H,7-8,15H2,1-3H3. The van der Waals surface area contributed by atoms with E-state index in [1.807, 2.05) is 6.07 Å². The van der Waals surface area contributed by atoms with Gasteiger partial charge in [0.05, 0.1) is 7.11 Å². The Bertz CT molecular complexity index is 372. The summed E-state index contributed by atoms with van der Waals surface area (Å²) in [4.78, 5) is 2.28. The van der Waals surface area contributed by atoms with Gasteiger partial charge in [-0.05, 0) is 50.6 Å². The Hall–Kier alpha value is -1.06. The molecule has 0 amide bonds. The molecule has 1 unspecified atom stereocenters. The van der Waals surface area contributed by atoms with E-state index in [1.165, 1.54) is 5.56 Å². The Morgan fingerprint density at radius 2 is 2.06 bits per heavy atom. The first-order valence-corrected chi connectivity index (χ1v) is 6.17. The van der Waals surface area contributed by atoms with Crippen molar-refractivity contribution in [3.63, 3.8) is 0 Å². The number of nitrogens with zero attached hydrogens (tertiary/aromatic N) is 1. The van der Waals surface area contributed by atoms with Crippen molar-refractivity contribution in [2.24, 2.45) is 11.7 Å². The fourth-order valence-electron chi connectivity index (χ4n) is 2.78. The van der Waals surface area contributed by atoms with Crippen LogP contribution in [0.3, 0.4) is 0 Å². The minimum Gasteiger partial charge on any atom is -0.497 e. The third kappa shape index (κ3) is 2.61. The van der Waals surface area contributed by atoms with Gasteiger partial charge in [-0.1, -0.05) is 12.1 Å². The van der Waals surface area contributed by atoms with Crippen molar-refractivity contribution in [3.8, 4) is 5.75 Å². The minimum atomic E-state index is 0.396. The van der Waals surface area contributed by atoms with E-state index < -0.39 is 0 Å². The van der Waals surface area contributed by atoms with Gasteiger partial charge >= 0.3 is 0 Å². The lowest BCUT2D eigenvalue weighted by atomic mass is 9.73. The summed E-state index contributed by atoms with van der Waals surface area (Å²) in [5.41, 5.74) is 7.22. The summed E-state index contributed by atoms with van der Waals surface area (Å²) >= 11 is 0. The quantitative estimate of drug-likeness (QED) is 0.866. The highest BCUT2D eigenvalue weighted by atomic mass is 16.5. The van der Waals surface area contributed by atoms with Gasteiger partial charge in [0.1, 0.15) is 5.75 Å². The Labute approximate surface area is 104 Å². The fourth-order valence-corrected chi connectivity index (χ4v) is 2.78. The molecule has 2 N–H and O–H groups in total. The maximum absolute atomic E-state index is 5.90. The monoisotopic (exact) mass is 234 g/mol. The van der Waals surface area contributed by atoms with Gasteiger partial charge in [0.25, 0.3) is 0 Å². The van der Waals surface area contributed by atoms with Crippen LogP contribution in [0.5, 0.6) is 5.75 Å². The van der Waals surface area contributed by atoms with E-state index in [1.54, 1.807) is 7.11 Å². The first-order chi connectivity index (χ1) is 8.11. The van der Waals surface area contributed by atoms with Crippen LogP contribution in [0.2, 0.25) is 0 Å². The van der Waals surface area contributed by atoms with Gasteiger partial charge in [0, 0.05) is 12.1 Å². The van der Waals surface area contributed by atoms with Crippen LogP contribution < -0.4 is 10.5 Å². The predicted molar refractivity (Wildman–Crippen MR) is 70.1 cm³/mol. The Balaban J connectivity index is 2.20. The maximum Gasteiger partial charge on any atom is 0.119 e. The topological polar surface area (TPSA) is 38.5 Å². The first kappa shape index (κ1) is 12.4. The summed E-state index contributed by atoms with van der Waals surface area (Å²) < 4.78 is 5.29. The van der Waals surface area contributed by atoms with Gasteiger partial charge in [-0.2, -0.15) is 0 Å². The number of nitrogens with two attached hydrogens (primary N) is 1. The van der Waals surface area contributed by atoms with Crippen LogP contribution >= 0.6 is 0 Å². The van der Waals surface area contributed by atoms with Crippen molar-refractivity contribution in [3.05, 3.63) is 29.8 Å². The average Bonchev–Trinajstić information content (AvgIpc) is 2.27. The normalized spacial score (nSPS) is 25.5. The number of ether oxygens (including phenoxy) is 1. The van der Waals surface area contributed by atoms with Gasteiger partial charge in [0.15, 0.2) is 0 Å². The maximum atomic E-state index is 5.90. The molecule has 1 aromatic carbocycles. The minimum absolute atomic E-state index is 0.396. The lowest BCUT2D eigenvalue weighted by Crippen LogP contribution is -2.43. The van der Waals surface area contributed by atoms with Crippen LogP contribution in [-0.2, 0) is 0 Å². The molecule has 1 fully saturated rings. The highest BCUT2D eigenvalue weighted by molar-refractivity contribution is 5.31. The summed E-state index contributed by atoms with van der Waals surface area (Å²) in [6.07, 6.45) is 2.25. The predicted octanol–water partition coefficient (Wildman–Crippen LogP) is 2.04. The van der Waals surface area contributed by atoms with Crippen molar-refractivity contribution >= 4 is 0 Å². The average molecular weight is 234 g/mol. The van der Waals surface area contributed by atoms with Gasteiger partial charge in [-0.3, -0.25) is 0 Å². The molecule has 0 aromatic heterocycles. The third-order valence-electron chi connectivity index (χ3n) is 3.65. The molecule has 0 saturated heterocycles. The molecule has 0 spiro atoms. The molecule has 0 bridgehead atoms. The SMILES string of the molecule is COc1cccc(C(C2CC(N)C2)N(C)C)c1. The smallest absolute Gasteiger partial charge is 0.119 e. The van der Waals surface area contributed by atoms with Gasteiger partial charge in [0.2, 0.25) is 0 Å². The van der Waals surface area contributed by atoms with Gasteiger partial charge < -0.3 is 15.4 Å². The summed E-state index contributed by atoms with van der Waals surface area (Å²) in [6.45, 7) is 0. The number of hydrogen-bond donors (Lipinski definition) is 1. The van der Waals surface area contributed by atoms with E-state index >= 15 is 0 Å². The molecular formula is C14H22N2O. The fraction of sp³-hybridized carbons (Fsp3) is 0.571. The van der Waals surface area contributed by atoms with Crippen molar-refractivity contribution in [2.75, 3.05) is 21.2 Å². The second kappa shape index (κ2) is 5.07. The molecule has 2 rings (SSSR count). The zero-order valence-corrected chi connectivity index (χ0v) is 10.9. The molecule has 17 heavy (non-hydrogen) atoms. The van der Waals surface area contributed by atoms with Crippen LogP contribution in [-0.4, -0.2) is 32.1 Å². The second-order valence-electron chi connectivity index (χ2n) is 5.18. The molecule has 1 aromatic rings. The number of benzene rings is 1. The van der Waals surface area contributed by atoms with Crippen LogP contribution in [0.4, 0.5) is 0 Å². The summed E-state index contributed by atoms with van der Waals surface area (Å²) in [7, 11) is 5.98. The molecule has 0 aliphatic heterocycles. The van der Waals surface area contributed by atoms with Crippen LogP contribution in [0, 0.1) is 5.92 Å². The zero-order valence-electron chi connectivity index (χ0n) is 10.9. The largest absolute Gasteiger partial charge is 0.497 e. The molecule has 1 aliphatic carbocycles. The molecule has 1 aliphatic rings. The molecule has 3 heteroatoms. The number of methoxy groups -OCH3 is 1. The van der Waals surface area contributed by atoms with Gasteiger partial charge in [-0.25, -0.2) is 0 Å². The first-order valence-electron chi connectivity index (χ1n) is 6.17. The lowest BCUT2D eigenvalue weighted by molar-refractivity contribution is 0.123. The second-order valence-corrected chi connectivity index (χ2v) is 5.18. The molecule has 1 saturated carbocycles. The molecule has 94 valence electrons. The molecule has 3 nitrogen and oxygen atoms in total. The summed E-state index contributed by atoms with van der Waals surface area (Å²) in [6, 6.07) is 9.20. The van der Waals surface area contributed by atoms with Crippen molar-refractivity contribution < 1.29 is 4.74 Å². The van der Waals surface area contributed by atoms with E-state index in [-0.39, 0.29) is 0 Å². The Kier molecular flexibility index (Phi) is 3.69. The highest BCUT2D eigenvalue weighted by Crippen LogP contribution is 2.40. The van der Waals surface area contributed by atoms with E-state index in [4.69, 9.17) is 10.5 Å². The zero-order chi connectivity index (χ0) is 12.4. The van der Waals surface area contributed by atoms with E-state index in [2.05, 4.69) is 37.2 Å². The van der Waals surface area contributed by atoms with Crippen molar-refractivity contribution in [2.45, 2.75) is 24.9 Å². The summed E-state index contributed by atoms with van der Waals surface area (Å²) in [5.74, 6) is 1.60. The number of hydrogen-bond acceptors (Lipinski definition) is 3.